The molecule has 24 heavy (non-hydrogen) atoms. The molecule has 0 aliphatic carbocycles. The Hall–Kier alpha value is -2.72. The predicted octanol–water partition coefficient (Wildman–Crippen LogP) is 0.497. The summed E-state index contributed by atoms with van der Waals surface area (Å²) in [7, 11) is -2.27. The molecule has 2 amide bonds. The number of nitrogens with zero attached hydrogens (tertiary/aromatic N) is 2. The number of nitrogens with two attached hydrogens (primary N) is 1. The summed E-state index contributed by atoms with van der Waals surface area (Å²) in [5, 5.41) is 10.3. The minimum absolute atomic E-state index is 0.0506. The van der Waals surface area contributed by atoms with E-state index in [0.29, 0.717) is 18.8 Å². The van der Waals surface area contributed by atoms with Gasteiger partial charge in [-0.05, 0) is 30.2 Å². The van der Waals surface area contributed by atoms with Crippen LogP contribution in [0, 0.1) is 0 Å². The number of carbonyl (C=O) groups is 1. The van der Waals surface area contributed by atoms with Crippen molar-refractivity contribution in [2.45, 2.75) is 11.3 Å². The summed E-state index contributed by atoms with van der Waals surface area (Å²) < 4.78 is 27.2. The van der Waals surface area contributed by atoms with Gasteiger partial charge in [-0.2, -0.15) is 4.98 Å². The Morgan fingerprint density at radius 1 is 1.25 bits per heavy atom. The Bertz CT molecular complexity index is 808. The molecule has 10 heteroatoms. The van der Waals surface area contributed by atoms with Gasteiger partial charge in [0.2, 0.25) is 10.0 Å². The number of nitrogens with one attached hydrogen (secondary N) is 2. The summed E-state index contributed by atoms with van der Waals surface area (Å²) >= 11 is 0. The van der Waals surface area contributed by atoms with Crippen LogP contribution in [0.3, 0.4) is 0 Å². The number of primary sulfonamides is 1. The van der Waals surface area contributed by atoms with Crippen molar-refractivity contribution in [3.05, 3.63) is 42.1 Å². The molecule has 0 bridgehead atoms. The molecule has 128 valence electrons. The lowest BCUT2D eigenvalue weighted by Crippen LogP contribution is -2.30. The lowest BCUT2D eigenvalue weighted by molar-refractivity contribution is 0.252. The highest BCUT2D eigenvalue weighted by atomic mass is 32.2. The molecule has 1 heterocycles. The molecule has 2 rings (SSSR count). The Balaban J connectivity index is 1.82. The predicted molar refractivity (Wildman–Crippen MR) is 87.1 cm³/mol. The standard InChI is InChI=1S/C14H17N5O4S/c1-23-14-17-9-7-12(19-14)18-13(20)16-8-6-10-2-4-11(5-3-10)24(15,21)22/h2-5,7,9H,6,8H2,1H3,(H2,15,21,22)(H2,16,17,18,19,20). The molecule has 0 aliphatic rings. The first-order chi connectivity index (χ1) is 11.4. The Labute approximate surface area is 139 Å². The van der Waals surface area contributed by atoms with Crippen molar-refractivity contribution in [2.24, 2.45) is 5.14 Å². The zero-order chi connectivity index (χ0) is 17.6. The van der Waals surface area contributed by atoms with Crippen LogP contribution in [0.4, 0.5) is 10.6 Å². The van der Waals surface area contributed by atoms with Gasteiger partial charge < -0.3 is 10.1 Å². The maximum atomic E-state index is 11.8. The SMILES string of the molecule is COc1nccc(NC(=O)NCCc2ccc(S(N)(=O)=O)cc2)n1. The molecule has 1 aromatic carbocycles. The number of methoxy groups -OCH3 is 1. The smallest absolute Gasteiger partial charge is 0.320 e. The van der Waals surface area contributed by atoms with Crippen molar-refractivity contribution < 1.29 is 17.9 Å². The number of urea groups is 1. The molecule has 0 radical (unpaired) electrons. The fraction of sp³-hybridized carbons (Fsp3) is 0.214. The van der Waals surface area contributed by atoms with E-state index in [4.69, 9.17) is 9.88 Å². The Morgan fingerprint density at radius 3 is 2.58 bits per heavy atom. The quantitative estimate of drug-likeness (QED) is 0.693. The zero-order valence-corrected chi connectivity index (χ0v) is 13.7. The van der Waals surface area contributed by atoms with E-state index in [1.807, 2.05) is 0 Å². The highest BCUT2D eigenvalue weighted by Gasteiger charge is 2.07. The van der Waals surface area contributed by atoms with Crippen LogP contribution >= 0.6 is 0 Å². The van der Waals surface area contributed by atoms with Crippen LogP contribution in [0.15, 0.2) is 41.4 Å². The number of hydrogen-bond donors (Lipinski definition) is 3. The van der Waals surface area contributed by atoms with E-state index >= 15 is 0 Å². The fourth-order valence-electron chi connectivity index (χ4n) is 1.84. The first-order valence-electron chi connectivity index (χ1n) is 6.92. The maximum absolute atomic E-state index is 11.8. The third-order valence-corrected chi connectivity index (χ3v) is 3.94. The van der Waals surface area contributed by atoms with Crippen LogP contribution in [0.25, 0.3) is 0 Å². The van der Waals surface area contributed by atoms with Gasteiger partial charge in [0.25, 0.3) is 0 Å². The largest absolute Gasteiger partial charge is 0.467 e. The molecule has 0 unspecified atom stereocenters. The van der Waals surface area contributed by atoms with Gasteiger partial charge in [0.05, 0.1) is 12.0 Å². The van der Waals surface area contributed by atoms with Crippen molar-refractivity contribution in [1.82, 2.24) is 15.3 Å². The second-order valence-corrected chi connectivity index (χ2v) is 6.31. The fourth-order valence-corrected chi connectivity index (χ4v) is 2.35. The molecule has 0 spiro atoms. The van der Waals surface area contributed by atoms with Gasteiger partial charge in [-0.15, -0.1) is 0 Å². The van der Waals surface area contributed by atoms with E-state index in [2.05, 4.69) is 20.6 Å². The lowest BCUT2D eigenvalue weighted by atomic mass is 10.1. The van der Waals surface area contributed by atoms with Gasteiger partial charge in [0.1, 0.15) is 5.82 Å². The van der Waals surface area contributed by atoms with E-state index in [1.165, 1.54) is 31.5 Å². The molecular weight excluding hydrogens is 334 g/mol. The van der Waals surface area contributed by atoms with Crippen LogP contribution in [0.5, 0.6) is 6.01 Å². The lowest BCUT2D eigenvalue weighted by Gasteiger charge is -2.08. The Kier molecular flexibility index (Phi) is 5.66. The minimum Gasteiger partial charge on any atom is -0.467 e. The average Bonchev–Trinajstić information content (AvgIpc) is 2.54. The maximum Gasteiger partial charge on any atom is 0.320 e. The summed E-state index contributed by atoms with van der Waals surface area (Å²) in [4.78, 5) is 19.6. The number of carbonyl (C=O) groups excluding carboxylic acids is 1. The van der Waals surface area contributed by atoms with Gasteiger partial charge in [0.15, 0.2) is 0 Å². The van der Waals surface area contributed by atoms with E-state index in [0.717, 1.165) is 5.56 Å². The monoisotopic (exact) mass is 351 g/mol. The van der Waals surface area contributed by atoms with Crippen molar-refractivity contribution in [2.75, 3.05) is 19.0 Å². The summed E-state index contributed by atoms with van der Waals surface area (Å²) in [5.74, 6) is 0.317. The number of rotatable bonds is 6. The molecule has 0 atom stereocenters. The number of ether oxygens (including phenoxy) is 1. The number of aromatic nitrogens is 2. The number of benzene rings is 1. The van der Waals surface area contributed by atoms with E-state index in [9.17, 15) is 13.2 Å². The molecule has 0 saturated heterocycles. The summed E-state index contributed by atoms with van der Waals surface area (Å²) in [6, 6.07) is 7.42. The number of amides is 2. The van der Waals surface area contributed by atoms with Gasteiger partial charge in [0, 0.05) is 12.7 Å². The second kappa shape index (κ2) is 7.70. The van der Waals surface area contributed by atoms with Crippen LogP contribution in [-0.4, -0.2) is 38.1 Å². The highest BCUT2D eigenvalue weighted by molar-refractivity contribution is 7.89. The van der Waals surface area contributed by atoms with Gasteiger partial charge in [-0.25, -0.2) is 23.3 Å². The molecule has 0 aliphatic heterocycles. The molecule has 1 aromatic heterocycles. The first-order valence-corrected chi connectivity index (χ1v) is 8.47. The van der Waals surface area contributed by atoms with Crippen molar-refractivity contribution >= 4 is 21.9 Å². The zero-order valence-electron chi connectivity index (χ0n) is 12.9. The van der Waals surface area contributed by atoms with Gasteiger partial charge >= 0.3 is 12.0 Å². The van der Waals surface area contributed by atoms with Crippen LogP contribution in [0.1, 0.15) is 5.56 Å². The van der Waals surface area contributed by atoms with Crippen LogP contribution in [0.2, 0.25) is 0 Å². The summed E-state index contributed by atoms with van der Waals surface area (Å²) in [6.07, 6.45) is 2.00. The molecule has 0 fully saturated rings. The second-order valence-electron chi connectivity index (χ2n) is 4.75. The van der Waals surface area contributed by atoms with Gasteiger partial charge in [-0.3, -0.25) is 5.32 Å². The van der Waals surface area contributed by atoms with E-state index in [1.54, 1.807) is 12.1 Å². The summed E-state index contributed by atoms with van der Waals surface area (Å²) in [6.45, 7) is 0.364. The van der Waals surface area contributed by atoms with E-state index < -0.39 is 16.1 Å². The highest BCUT2D eigenvalue weighted by Crippen LogP contribution is 2.09. The van der Waals surface area contributed by atoms with Crippen molar-refractivity contribution in [3.63, 3.8) is 0 Å². The number of anilines is 1. The normalized spacial score (nSPS) is 10.9. The third-order valence-electron chi connectivity index (χ3n) is 3.01. The number of hydrogen-bond acceptors (Lipinski definition) is 6. The van der Waals surface area contributed by atoms with Gasteiger partial charge in [-0.1, -0.05) is 12.1 Å². The van der Waals surface area contributed by atoms with Crippen LogP contribution < -0.4 is 20.5 Å². The summed E-state index contributed by atoms with van der Waals surface area (Å²) in [5.41, 5.74) is 0.867. The van der Waals surface area contributed by atoms with Crippen LogP contribution in [-0.2, 0) is 16.4 Å². The topological polar surface area (TPSA) is 136 Å². The first kappa shape index (κ1) is 17.6. The van der Waals surface area contributed by atoms with E-state index in [-0.39, 0.29) is 10.9 Å². The molecule has 9 nitrogen and oxygen atoms in total. The van der Waals surface area contributed by atoms with Crippen molar-refractivity contribution in [3.8, 4) is 6.01 Å². The molecule has 0 saturated carbocycles. The minimum atomic E-state index is -3.70. The average molecular weight is 351 g/mol. The Morgan fingerprint density at radius 2 is 1.96 bits per heavy atom. The molecular formula is C14H17N5O4S. The van der Waals surface area contributed by atoms with Crippen molar-refractivity contribution in [1.29, 1.82) is 0 Å². The molecule has 2 aromatic rings. The third kappa shape index (κ3) is 5.18. The number of sulfonamides is 1. The molecule has 4 N–H and O–H groups in total.